The lowest BCUT2D eigenvalue weighted by Crippen LogP contribution is -2.45. The van der Waals surface area contributed by atoms with Gasteiger partial charge in [-0.05, 0) is 39.0 Å². The highest BCUT2D eigenvalue weighted by Gasteiger charge is 2.19. The van der Waals surface area contributed by atoms with Crippen molar-refractivity contribution in [1.29, 1.82) is 0 Å². The molecule has 22 heavy (non-hydrogen) atoms. The predicted octanol–water partition coefficient (Wildman–Crippen LogP) is 1.52. The Morgan fingerprint density at radius 1 is 1.18 bits per heavy atom. The van der Waals surface area contributed by atoms with Crippen molar-refractivity contribution in [2.45, 2.75) is 51.2 Å². The summed E-state index contributed by atoms with van der Waals surface area (Å²) in [4.78, 5) is 4.57. The molecule has 3 N–H and O–H groups in total. The molecule has 0 bridgehead atoms. The zero-order valence-corrected chi connectivity index (χ0v) is 16.2. The first-order valence-electron chi connectivity index (χ1n) is 8.05. The van der Waals surface area contributed by atoms with E-state index < -0.39 is 0 Å². The highest BCUT2D eigenvalue weighted by Crippen LogP contribution is 2.18. The van der Waals surface area contributed by atoms with Gasteiger partial charge in [0.2, 0.25) is 0 Å². The average molecular weight is 429 g/mol. The molecule has 0 saturated heterocycles. The Hall–Kier alpha value is -0.120. The summed E-state index contributed by atoms with van der Waals surface area (Å²) in [5, 5.41) is 16.3. The molecule has 0 amide bonds. The van der Waals surface area contributed by atoms with Crippen LogP contribution in [0.25, 0.3) is 0 Å². The van der Waals surface area contributed by atoms with Gasteiger partial charge in [-0.25, -0.2) is 0 Å². The van der Waals surface area contributed by atoms with Crippen molar-refractivity contribution in [2.24, 2.45) is 4.99 Å². The van der Waals surface area contributed by atoms with E-state index in [9.17, 15) is 5.11 Å². The Kier molecular flexibility index (Phi) is 14.4. The molecule has 1 rings (SSSR count). The van der Waals surface area contributed by atoms with E-state index in [4.69, 9.17) is 9.47 Å². The average Bonchev–Trinajstić information content (AvgIpc) is 2.49. The molecule has 132 valence electrons. The first-order valence-corrected chi connectivity index (χ1v) is 8.05. The van der Waals surface area contributed by atoms with Crippen LogP contribution in [0.3, 0.4) is 0 Å². The summed E-state index contributed by atoms with van der Waals surface area (Å²) in [5.74, 6) is 0.871. The highest BCUT2D eigenvalue weighted by molar-refractivity contribution is 14.0. The number of nitrogens with one attached hydrogen (secondary N) is 2. The molecule has 1 aliphatic rings. The van der Waals surface area contributed by atoms with Gasteiger partial charge in [0.1, 0.15) is 0 Å². The highest BCUT2D eigenvalue weighted by atomic mass is 127. The van der Waals surface area contributed by atoms with E-state index in [0.29, 0.717) is 25.9 Å². The van der Waals surface area contributed by atoms with Crippen LogP contribution < -0.4 is 10.6 Å². The number of hydrogen-bond donors (Lipinski definition) is 3. The molecule has 0 heterocycles. The summed E-state index contributed by atoms with van der Waals surface area (Å²) in [7, 11) is 1.67. The lowest BCUT2D eigenvalue weighted by Gasteiger charge is -2.27. The van der Waals surface area contributed by atoms with E-state index in [-0.39, 0.29) is 30.1 Å². The Labute approximate surface area is 151 Å². The maximum Gasteiger partial charge on any atom is 0.191 e. The number of hydrogen-bond acceptors (Lipinski definition) is 4. The van der Waals surface area contributed by atoms with Crippen molar-refractivity contribution >= 4 is 29.9 Å². The minimum absolute atomic E-state index is 0. The lowest BCUT2D eigenvalue weighted by molar-refractivity contribution is 0.0702. The summed E-state index contributed by atoms with van der Waals surface area (Å²) in [6, 6.07) is 0.421. The van der Waals surface area contributed by atoms with Crippen molar-refractivity contribution < 1.29 is 14.6 Å². The Bertz CT molecular complexity index is 285. The second-order valence-corrected chi connectivity index (χ2v) is 5.37. The fourth-order valence-corrected chi connectivity index (χ4v) is 2.34. The third kappa shape index (κ3) is 10.6. The maximum atomic E-state index is 9.53. The number of aliphatic hydroxyl groups is 1. The summed E-state index contributed by atoms with van der Waals surface area (Å²) >= 11 is 0. The van der Waals surface area contributed by atoms with Crippen molar-refractivity contribution in [3.63, 3.8) is 0 Å². The number of guanidine groups is 1. The number of ether oxygens (including phenoxy) is 2. The van der Waals surface area contributed by atoms with Gasteiger partial charge in [0.25, 0.3) is 0 Å². The summed E-state index contributed by atoms with van der Waals surface area (Å²) in [6.45, 7) is 5.66. The Morgan fingerprint density at radius 3 is 2.55 bits per heavy atom. The zero-order valence-electron chi connectivity index (χ0n) is 13.8. The molecule has 0 aromatic rings. The molecule has 0 aromatic heterocycles. The van der Waals surface area contributed by atoms with Gasteiger partial charge in [-0.3, -0.25) is 4.99 Å². The third-order valence-electron chi connectivity index (χ3n) is 3.53. The zero-order chi connectivity index (χ0) is 15.3. The van der Waals surface area contributed by atoms with Gasteiger partial charge < -0.3 is 25.2 Å². The molecule has 7 heteroatoms. The van der Waals surface area contributed by atoms with Gasteiger partial charge in [-0.1, -0.05) is 0 Å². The normalized spacial score (nSPS) is 22.0. The van der Waals surface area contributed by atoms with Crippen LogP contribution in [0.4, 0.5) is 0 Å². The largest absolute Gasteiger partial charge is 0.393 e. The number of halogens is 1. The van der Waals surface area contributed by atoms with Crippen LogP contribution in [0, 0.1) is 0 Å². The van der Waals surface area contributed by atoms with Gasteiger partial charge in [-0.15, -0.1) is 24.0 Å². The summed E-state index contributed by atoms with van der Waals surface area (Å²) in [5.41, 5.74) is 0. The van der Waals surface area contributed by atoms with E-state index >= 15 is 0 Å². The molecule has 1 saturated carbocycles. The second-order valence-electron chi connectivity index (χ2n) is 5.37. The number of aliphatic imine (C=N–C) groups is 1. The van der Waals surface area contributed by atoms with Gasteiger partial charge in [-0.2, -0.15) is 0 Å². The van der Waals surface area contributed by atoms with Crippen LogP contribution in [-0.2, 0) is 9.47 Å². The summed E-state index contributed by atoms with van der Waals surface area (Å²) < 4.78 is 10.3. The standard InChI is InChI=1S/C15H31N3O3.HI/c1-3-16-15(17-9-4-10-21-12-11-20-2)18-13-5-7-14(19)8-6-13;/h13-14,19H,3-12H2,1-2H3,(H2,16,17,18);1H. The van der Waals surface area contributed by atoms with Gasteiger partial charge in [0.05, 0.1) is 19.3 Å². The van der Waals surface area contributed by atoms with E-state index in [1.165, 1.54) is 0 Å². The van der Waals surface area contributed by atoms with Crippen LogP contribution in [-0.4, -0.2) is 63.2 Å². The number of nitrogens with zero attached hydrogens (tertiary/aromatic N) is 1. The van der Waals surface area contributed by atoms with Gasteiger partial charge >= 0.3 is 0 Å². The van der Waals surface area contributed by atoms with Crippen LogP contribution in [0.2, 0.25) is 0 Å². The number of methoxy groups -OCH3 is 1. The first kappa shape index (κ1) is 21.9. The smallest absolute Gasteiger partial charge is 0.191 e. The molecule has 1 fully saturated rings. The number of rotatable bonds is 9. The molecule has 1 aliphatic carbocycles. The van der Waals surface area contributed by atoms with Crippen molar-refractivity contribution in [3.05, 3.63) is 0 Å². The third-order valence-corrected chi connectivity index (χ3v) is 3.53. The quantitative estimate of drug-likeness (QED) is 0.224. The van der Waals surface area contributed by atoms with Crippen LogP contribution in [0.15, 0.2) is 4.99 Å². The lowest BCUT2D eigenvalue weighted by atomic mass is 9.93. The van der Waals surface area contributed by atoms with Crippen LogP contribution in [0.1, 0.15) is 39.0 Å². The predicted molar refractivity (Wildman–Crippen MR) is 100 cm³/mol. The Balaban J connectivity index is 0.00000441. The fourth-order valence-electron chi connectivity index (χ4n) is 2.34. The van der Waals surface area contributed by atoms with Crippen LogP contribution in [0.5, 0.6) is 0 Å². The molecular formula is C15H32IN3O3. The van der Waals surface area contributed by atoms with Crippen molar-refractivity contribution in [3.8, 4) is 0 Å². The first-order chi connectivity index (χ1) is 10.3. The van der Waals surface area contributed by atoms with Crippen molar-refractivity contribution in [2.75, 3.05) is 40.0 Å². The summed E-state index contributed by atoms with van der Waals surface area (Å²) in [6.07, 6.45) is 4.56. The fraction of sp³-hybridized carbons (Fsp3) is 0.933. The minimum Gasteiger partial charge on any atom is -0.393 e. The number of aliphatic hydroxyl groups excluding tert-OH is 1. The molecule has 0 aliphatic heterocycles. The van der Waals surface area contributed by atoms with E-state index in [1.54, 1.807) is 7.11 Å². The molecule has 0 radical (unpaired) electrons. The topological polar surface area (TPSA) is 75.1 Å². The molecule has 0 atom stereocenters. The molecule has 6 nitrogen and oxygen atoms in total. The van der Waals surface area contributed by atoms with E-state index in [0.717, 1.165) is 51.2 Å². The van der Waals surface area contributed by atoms with Gasteiger partial charge in [0, 0.05) is 32.8 Å². The second kappa shape index (κ2) is 14.5. The van der Waals surface area contributed by atoms with E-state index in [1.807, 2.05) is 0 Å². The Morgan fingerprint density at radius 2 is 1.91 bits per heavy atom. The molecule has 0 spiro atoms. The van der Waals surface area contributed by atoms with Gasteiger partial charge in [0.15, 0.2) is 5.96 Å². The van der Waals surface area contributed by atoms with Crippen molar-refractivity contribution in [1.82, 2.24) is 10.6 Å². The van der Waals surface area contributed by atoms with E-state index in [2.05, 4.69) is 22.5 Å². The monoisotopic (exact) mass is 429 g/mol. The maximum absolute atomic E-state index is 9.53. The molecule has 0 aromatic carbocycles. The molecular weight excluding hydrogens is 397 g/mol. The van der Waals surface area contributed by atoms with Crippen LogP contribution >= 0.6 is 24.0 Å². The SMILES string of the molecule is CCNC(=NCCCOCCOC)NC1CCC(O)CC1.I. The minimum atomic E-state index is -0.119. The molecule has 0 unspecified atom stereocenters.